The molecule has 0 atom stereocenters. The third-order valence-corrected chi connectivity index (χ3v) is 0.609. The van der Waals surface area contributed by atoms with Gasteiger partial charge in [0.05, 0.1) is 0 Å². The zero-order valence-electron chi connectivity index (χ0n) is 5.22. The average molecular weight is 129 g/mol. The van der Waals surface area contributed by atoms with E-state index in [1.54, 1.807) is 0 Å². The van der Waals surface area contributed by atoms with Gasteiger partial charge in [0.1, 0.15) is 0 Å². The highest BCUT2D eigenvalue weighted by atomic mass is 16.2. The van der Waals surface area contributed by atoms with Gasteiger partial charge < -0.3 is 0 Å². The van der Waals surface area contributed by atoms with Crippen molar-refractivity contribution in [2.45, 2.75) is 13.8 Å². The molecule has 0 radical (unpaired) electrons. The van der Waals surface area contributed by atoms with E-state index >= 15 is 0 Å². The van der Waals surface area contributed by atoms with Crippen molar-refractivity contribution in [2.24, 2.45) is 0 Å². The summed E-state index contributed by atoms with van der Waals surface area (Å²) in [4.78, 5) is 30.5. The largest absolute Gasteiger partial charge is 0.293 e. The molecule has 0 aromatic rings. The van der Waals surface area contributed by atoms with Crippen LogP contribution in [0.5, 0.6) is 0 Å². The number of rotatable bonds is 1. The Morgan fingerprint density at radius 3 is 1.67 bits per heavy atom. The van der Waals surface area contributed by atoms with Gasteiger partial charge in [-0.05, 0) is 0 Å². The number of imide groups is 1. The summed E-state index contributed by atoms with van der Waals surface area (Å²) < 4.78 is 0. The molecule has 0 aliphatic heterocycles. The van der Waals surface area contributed by atoms with E-state index in [4.69, 9.17) is 0 Å². The van der Waals surface area contributed by atoms with Gasteiger partial charge in [0.2, 0.25) is 11.7 Å². The minimum Gasteiger partial charge on any atom is -0.290 e. The van der Waals surface area contributed by atoms with Gasteiger partial charge >= 0.3 is 0 Å². The first-order valence-electron chi connectivity index (χ1n) is 2.36. The Bertz CT molecular complexity index is 162. The van der Waals surface area contributed by atoms with E-state index in [0.717, 1.165) is 6.92 Å². The SMILES string of the molecule is CC(=O)NC(=O)C(C)=O. The Hall–Kier alpha value is -1.19. The number of hydrogen-bond donors (Lipinski definition) is 1. The molecule has 0 spiro atoms. The number of carbonyl (C=O) groups is 3. The van der Waals surface area contributed by atoms with Gasteiger partial charge in [-0.1, -0.05) is 0 Å². The van der Waals surface area contributed by atoms with E-state index in [-0.39, 0.29) is 0 Å². The molecular weight excluding hydrogens is 122 g/mol. The molecule has 0 bridgehead atoms. The van der Waals surface area contributed by atoms with Gasteiger partial charge in [-0.25, -0.2) is 0 Å². The van der Waals surface area contributed by atoms with Crippen molar-refractivity contribution in [1.82, 2.24) is 5.32 Å². The molecule has 0 aromatic heterocycles. The van der Waals surface area contributed by atoms with Crippen LogP contribution in [0.4, 0.5) is 0 Å². The molecule has 0 saturated heterocycles. The fourth-order valence-electron chi connectivity index (χ4n) is 0.248. The van der Waals surface area contributed by atoms with E-state index in [1.807, 2.05) is 5.32 Å². The summed E-state index contributed by atoms with van der Waals surface area (Å²) in [6, 6.07) is 0. The Morgan fingerprint density at radius 2 is 1.56 bits per heavy atom. The number of ketones is 1. The highest BCUT2D eigenvalue weighted by Gasteiger charge is 2.07. The maximum atomic E-state index is 10.3. The number of Topliss-reactive ketones (excluding diaryl/α,β-unsaturated/α-hetero) is 1. The number of hydrogen-bond acceptors (Lipinski definition) is 3. The monoisotopic (exact) mass is 129 g/mol. The molecule has 2 amide bonds. The van der Waals surface area contributed by atoms with Crippen LogP contribution in [0.25, 0.3) is 0 Å². The third-order valence-electron chi connectivity index (χ3n) is 0.609. The highest BCUT2D eigenvalue weighted by molar-refractivity contribution is 6.37. The molecule has 0 fully saturated rings. The van der Waals surface area contributed by atoms with Crippen molar-refractivity contribution in [3.63, 3.8) is 0 Å². The number of nitrogens with one attached hydrogen (secondary N) is 1. The van der Waals surface area contributed by atoms with E-state index < -0.39 is 17.6 Å². The molecule has 4 heteroatoms. The van der Waals surface area contributed by atoms with Crippen molar-refractivity contribution in [3.05, 3.63) is 0 Å². The van der Waals surface area contributed by atoms with E-state index in [1.165, 1.54) is 6.92 Å². The molecule has 1 N–H and O–H groups in total. The average Bonchev–Trinajstić information content (AvgIpc) is 1.63. The van der Waals surface area contributed by atoms with E-state index in [2.05, 4.69) is 0 Å². The Morgan fingerprint density at radius 1 is 1.11 bits per heavy atom. The first-order chi connectivity index (χ1) is 4.04. The highest BCUT2D eigenvalue weighted by Crippen LogP contribution is 1.68. The molecular formula is C5H7NO3. The number of carbonyl (C=O) groups excluding carboxylic acids is 3. The van der Waals surface area contributed by atoms with Crippen LogP contribution in [0, 0.1) is 0 Å². The van der Waals surface area contributed by atoms with E-state index in [0.29, 0.717) is 0 Å². The molecule has 4 nitrogen and oxygen atoms in total. The topological polar surface area (TPSA) is 63.2 Å². The summed E-state index contributed by atoms with van der Waals surface area (Å²) >= 11 is 0. The minimum atomic E-state index is -0.859. The van der Waals surface area contributed by atoms with Gasteiger partial charge in [0, 0.05) is 13.8 Å². The predicted octanol–water partition coefficient (Wildman–Crippen LogP) is -0.762. The number of amides is 2. The summed E-state index contributed by atoms with van der Waals surface area (Å²) in [5.41, 5.74) is 0. The Kier molecular flexibility index (Phi) is 2.57. The van der Waals surface area contributed by atoms with Crippen molar-refractivity contribution < 1.29 is 14.4 Å². The summed E-state index contributed by atoms with van der Waals surface area (Å²) in [6.07, 6.45) is 0. The molecule has 0 saturated carbocycles. The maximum Gasteiger partial charge on any atom is 0.293 e. The van der Waals surface area contributed by atoms with Gasteiger partial charge in [0.15, 0.2) is 0 Å². The van der Waals surface area contributed by atoms with Crippen molar-refractivity contribution >= 4 is 17.6 Å². The molecule has 0 unspecified atom stereocenters. The standard InChI is InChI=1S/C5H7NO3/c1-3(7)5(9)6-4(2)8/h1-2H3,(H,6,8,9). The van der Waals surface area contributed by atoms with Gasteiger partial charge in [0.25, 0.3) is 5.91 Å². The van der Waals surface area contributed by atoms with Crippen molar-refractivity contribution in [1.29, 1.82) is 0 Å². The fraction of sp³-hybridized carbons (Fsp3) is 0.400. The molecule has 0 heterocycles. The first kappa shape index (κ1) is 7.81. The maximum absolute atomic E-state index is 10.3. The minimum absolute atomic E-state index is 0.518. The molecule has 50 valence electrons. The van der Waals surface area contributed by atoms with Crippen LogP contribution in [-0.2, 0) is 14.4 Å². The van der Waals surface area contributed by atoms with Gasteiger partial charge in [-0.3, -0.25) is 19.7 Å². The van der Waals surface area contributed by atoms with Crippen molar-refractivity contribution in [3.8, 4) is 0 Å². The fourth-order valence-corrected chi connectivity index (χ4v) is 0.248. The lowest BCUT2D eigenvalue weighted by atomic mass is 10.4. The zero-order chi connectivity index (χ0) is 7.44. The van der Waals surface area contributed by atoms with Crippen molar-refractivity contribution in [2.75, 3.05) is 0 Å². The second-order valence-corrected chi connectivity index (χ2v) is 1.57. The van der Waals surface area contributed by atoms with Crippen LogP contribution in [0.2, 0.25) is 0 Å². The zero-order valence-corrected chi connectivity index (χ0v) is 5.22. The van der Waals surface area contributed by atoms with Gasteiger partial charge in [-0.2, -0.15) is 0 Å². The van der Waals surface area contributed by atoms with Crippen LogP contribution in [0.3, 0.4) is 0 Å². The lowest BCUT2D eigenvalue weighted by Crippen LogP contribution is -2.32. The molecule has 0 aliphatic rings. The molecule has 0 aliphatic carbocycles. The molecule has 0 rings (SSSR count). The Balaban J connectivity index is 3.79. The second kappa shape index (κ2) is 2.96. The second-order valence-electron chi connectivity index (χ2n) is 1.57. The molecule has 0 aromatic carbocycles. The van der Waals surface area contributed by atoms with Gasteiger partial charge in [-0.15, -0.1) is 0 Å². The quantitative estimate of drug-likeness (QED) is 0.473. The Labute approximate surface area is 52.2 Å². The first-order valence-corrected chi connectivity index (χ1v) is 2.36. The van der Waals surface area contributed by atoms with E-state index in [9.17, 15) is 14.4 Å². The molecule has 9 heavy (non-hydrogen) atoms. The lowest BCUT2D eigenvalue weighted by Gasteiger charge is -1.92. The van der Waals surface area contributed by atoms with Crippen LogP contribution >= 0.6 is 0 Å². The third kappa shape index (κ3) is 3.40. The smallest absolute Gasteiger partial charge is 0.290 e. The van der Waals surface area contributed by atoms with Crippen LogP contribution in [-0.4, -0.2) is 17.6 Å². The van der Waals surface area contributed by atoms with Crippen LogP contribution in [0.15, 0.2) is 0 Å². The lowest BCUT2D eigenvalue weighted by molar-refractivity contribution is -0.139. The summed E-state index contributed by atoms with van der Waals surface area (Å²) in [6.45, 7) is 2.26. The summed E-state index contributed by atoms with van der Waals surface area (Å²) in [5.74, 6) is -2.04. The summed E-state index contributed by atoms with van der Waals surface area (Å²) in [7, 11) is 0. The van der Waals surface area contributed by atoms with Crippen LogP contribution < -0.4 is 5.32 Å². The summed E-state index contributed by atoms with van der Waals surface area (Å²) in [5, 5.41) is 1.81. The normalized spacial score (nSPS) is 8.22. The predicted molar refractivity (Wildman–Crippen MR) is 29.5 cm³/mol. The van der Waals surface area contributed by atoms with Crippen LogP contribution in [0.1, 0.15) is 13.8 Å².